The lowest BCUT2D eigenvalue weighted by Gasteiger charge is -2.18. The molecule has 1 saturated carbocycles. The van der Waals surface area contributed by atoms with Crippen LogP contribution in [-0.2, 0) is 0 Å². The number of para-hydroxylation sites is 1. The van der Waals surface area contributed by atoms with Gasteiger partial charge >= 0.3 is 0 Å². The first-order valence-electron chi connectivity index (χ1n) is 10.9. The highest BCUT2D eigenvalue weighted by molar-refractivity contribution is 6.31. The minimum absolute atomic E-state index is 0.380. The predicted octanol–water partition coefficient (Wildman–Crippen LogP) is 5.52. The smallest absolute Gasteiger partial charge is 0.229 e. The number of benzene rings is 2. The summed E-state index contributed by atoms with van der Waals surface area (Å²) >= 11 is 6.32. The summed E-state index contributed by atoms with van der Waals surface area (Å²) < 4.78 is 0. The number of aromatic nitrogens is 2. The van der Waals surface area contributed by atoms with Gasteiger partial charge in [-0.05, 0) is 76.5 Å². The van der Waals surface area contributed by atoms with Crippen molar-refractivity contribution in [2.75, 3.05) is 43.1 Å². The first-order valence-corrected chi connectivity index (χ1v) is 11.3. The highest BCUT2D eigenvalue weighted by Crippen LogP contribution is 2.36. The van der Waals surface area contributed by atoms with Crippen molar-refractivity contribution < 1.29 is 0 Å². The SMILES string of the molecule is Cc1ccc(Nc2nc(N[C@H](C)C3CC3)c3cccc(NCCN(C)C)c3n2)cc1Cl. The number of nitrogens with zero attached hydrogens (tertiary/aromatic N) is 3. The first-order chi connectivity index (χ1) is 14.9. The Bertz CT molecular complexity index is 1060. The number of likely N-dealkylation sites (N-methyl/N-ethyl adjacent to an activating group) is 1. The van der Waals surface area contributed by atoms with Crippen LogP contribution in [0.25, 0.3) is 10.9 Å². The lowest BCUT2D eigenvalue weighted by Crippen LogP contribution is -2.21. The summed E-state index contributed by atoms with van der Waals surface area (Å²) in [5, 5.41) is 12.3. The van der Waals surface area contributed by atoms with Crippen LogP contribution in [0, 0.1) is 12.8 Å². The van der Waals surface area contributed by atoms with Crippen LogP contribution in [0.5, 0.6) is 0 Å². The van der Waals surface area contributed by atoms with Crippen molar-refractivity contribution in [2.24, 2.45) is 5.92 Å². The molecule has 1 heterocycles. The van der Waals surface area contributed by atoms with Gasteiger partial charge in [0.25, 0.3) is 0 Å². The van der Waals surface area contributed by atoms with E-state index in [4.69, 9.17) is 21.6 Å². The predicted molar refractivity (Wildman–Crippen MR) is 132 cm³/mol. The quantitative estimate of drug-likeness (QED) is 0.409. The number of rotatable bonds is 9. The van der Waals surface area contributed by atoms with E-state index in [1.165, 1.54) is 12.8 Å². The van der Waals surface area contributed by atoms with Crippen molar-refractivity contribution in [1.29, 1.82) is 0 Å². The summed E-state index contributed by atoms with van der Waals surface area (Å²) in [6, 6.07) is 12.5. The van der Waals surface area contributed by atoms with Crippen LogP contribution in [0.4, 0.5) is 23.1 Å². The summed E-state index contributed by atoms with van der Waals surface area (Å²) in [4.78, 5) is 11.9. The van der Waals surface area contributed by atoms with Gasteiger partial charge < -0.3 is 20.9 Å². The standard InChI is InChI=1S/C24H31ClN6/c1-15-8-11-18(14-20(15)25)28-24-29-22-19(23(30-24)27-16(2)17-9-10-17)6-5-7-21(22)26-12-13-31(3)4/h5-8,11,14,16-17,26H,9-10,12-13H2,1-4H3,(H2,27,28,29,30)/t16-/m1/s1. The van der Waals surface area contributed by atoms with Crippen molar-refractivity contribution in [2.45, 2.75) is 32.7 Å². The van der Waals surface area contributed by atoms with Crippen LogP contribution in [0.15, 0.2) is 36.4 Å². The minimum Gasteiger partial charge on any atom is -0.382 e. The van der Waals surface area contributed by atoms with Crippen molar-refractivity contribution in [3.63, 3.8) is 0 Å². The van der Waals surface area contributed by atoms with E-state index in [9.17, 15) is 0 Å². The van der Waals surface area contributed by atoms with Gasteiger partial charge in [0.05, 0.1) is 5.69 Å². The Hall–Kier alpha value is -2.57. The zero-order chi connectivity index (χ0) is 22.0. The van der Waals surface area contributed by atoms with Gasteiger partial charge in [0.15, 0.2) is 0 Å². The van der Waals surface area contributed by atoms with Crippen LogP contribution < -0.4 is 16.0 Å². The molecule has 0 saturated heterocycles. The second-order valence-corrected chi connectivity index (χ2v) is 9.09. The number of hydrogen-bond acceptors (Lipinski definition) is 6. The molecule has 2 aromatic carbocycles. The number of anilines is 4. The van der Waals surface area contributed by atoms with E-state index in [0.29, 0.717) is 12.0 Å². The normalized spacial score (nSPS) is 14.6. The maximum Gasteiger partial charge on any atom is 0.229 e. The molecule has 6 nitrogen and oxygen atoms in total. The minimum atomic E-state index is 0.380. The topological polar surface area (TPSA) is 65.1 Å². The summed E-state index contributed by atoms with van der Waals surface area (Å²) in [7, 11) is 4.14. The average Bonchev–Trinajstić information content (AvgIpc) is 3.56. The molecule has 7 heteroatoms. The molecule has 0 spiro atoms. The molecular weight excluding hydrogens is 408 g/mol. The molecule has 3 N–H and O–H groups in total. The molecule has 1 aliphatic rings. The monoisotopic (exact) mass is 438 g/mol. The van der Waals surface area contributed by atoms with Crippen LogP contribution in [0.3, 0.4) is 0 Å². The fourth-order valence-corrected chi connectivity index (χ4v) is 3.78. The number of fused-ring (bicyclic) bond motifs is 1. The van der Waals surface area contributed by atoms with Crippen molar-refractivity contribution in [3.05, 3.63) is 47.0 Å². The Morgan fingerprint density at radius 3 is 2.68 bits per heavy atom. The molecule has 1 atom stereocenters. The van der Waals surface area contributed by atoms with Gasteiger partial charge in [-0.15, -0.1) is 0 Å². The fourth-order valence-electron chi connectivity index (χ4n) is 3.60. The van der Waals surface area contributed by atoms with Gasteiger partial charge in [-0.3, -0.25) is 0 Å². The van der Waals surface area contributed by atoms with E-state index in [1.54, 1.807) is 0 Å². The second kappa shape index (κ2) is 9.28. The molecule has 0 bridgehead atoms. The molecule has 4 rings (SSSR count). The van der Waals surface area contributed by atoms with Crippen molar-refractivity contribution in [3.8, 4) is 0 Å². The van der Waals surface area contributed by atoms with Gasteiger partial charge in [0.2, 0.25) is 5.95 Å². The molecule has 164 valence electrons. The second-order valence-electron chi connectivity index (χ2n) is 8.69. The zero-order valence-corrected chi connectivity index (χ0v) is 19.4. The molecule has 0 unspecified atom stereocenters. The van der Waals surface area contributed by atoms with Crippen LogP contribution in [-0.4, -0.2) is 48.1 Å². The lowest BCUT2D eigenvalue weighted by atomic mass is 10.1. The molecule has 1 aromatic heterocycles. The van der Waals surface area contributed by atoms with Gasteiger partial charge in [-0.1, -0.05) is 23.7 Å². The van der Waals surface area contributed by atoms with Crippen LogP contribution in [0.1, 0.15) is 25.3 Å². The number of hydrogen-bond donors (Lipinski definition) is 3. The highest BCUT2D eigenvalue weighted by atomic mass is 35.5. The molecule has 1 fully saturated rings. The van der Waals surface area contributed by atoms with E-state index in [1.807, 2.05) is 25.1 Å². The van der Waals surface area contributed by atoms with Gasteiger partial charge in [0.1, 0.15) is 11.3 Å². The van der Waals surface area contributed by atoms with Crippen LogP contribution in [0.2, 0.25) is 5.02 Å². The molecule has 3 aromatic rings. The molecule has 0 aliphatic heterocycles. The maximum absolute atomic E-state index is 6.32. The lowest BCUT2D eigenvalue weighted by molar-refractivity contribution is 0.425. The summed E-state index contributed by atoms with van der Waals surface area (Å²) in [6.45, 7) is 6.01. The third-order valence-corrected chi connectivity index (χ3v) is 6.13. The number of aryl methyl sites for hydroxylation is 1. The van der Waals surface area contributed by atoms with E-state index in [2.05, 4.69) is 60.1 Å². The van der Waals surface area contributed by atoms with E-state index < -0.39 is 0 Å². The maximum atomic E-state index is 6.32. The van der Waals surface area contributed by atoms with E-state index >= 15 is 0 Å². The van der Waals surface area contributed by atoms with Crippen molar-refractivity contribution >= 4 is 45.6 Å². The molecule has 0 radical (unpaired) electrons. The Morgan fingerprint density at radius 1 is 1.16 bits per heavy atom. The van der Waals surface area contributed by atoms with Crippen molar-refractivity contribution in [1.82, 2.24) is 14.9 Å². The Kier molecular flexibility index (Phi) is 6.49. The zero-order valence-electron chi connectivity index (χ0n) is 18.7. The van der Waals surface area contributed by atoms with E-state index in [-0.39, 0.29) is 0 Å². The molecule has 31 heavy (non-hydrogen) atoms. The number of halogens is 1. The number of nitrogens with one attached hydrogen (secondary N) is 3. The molecule has 0 amide bonds. The third kappa shape index (κ3) is 5.38. The summed E-state index contributed by atoms with van der Waals surface area (Å²) in [5.74, 6) is 2.14. The average molecular weight is 439 g/mol. The highest BCUT2D eigenvalue weighted by Gasteiger charge is 2.28. The van der Waals surface area contributed by atoms with Gasteiger partial charge in [-0.2, -0.15) is 4.98 Å². The van der Waals surface area contributed by atoms with Crippen LogP contribution >= 0.6 is 11.6 Å². The molecule has 1 aliphatic carbocycles. The fraction of sp³-hybridized carbons (Fsp3) is 0.417. The Labute approximate surface area is 189 Å². The largest absolute Gasteiger partial charge is 0.382 e. The summed E-state index contributed by atoms with van der Waals surface area (Å²) in [6.07, 6.45) is 2.56. The van der Waals surface area contributed by atoms with Gasteiger partial charge in [-0.25, -0.2) is 4.98 Å². The van der Waals surface area contributed by atoms with Gasteiger partial charge in [0, 0.05) is 35.2 Å². The first kappa shape index (κ1) is 21.7. The Morgan fingerprint density at radius 2 is 1.97 bits per heavy atom. The summed E-state index contributed by atoms with van der Waals surface area (Å²) in [5.41, 5.74) is 3.82. The van der Waals surface area contributed by atoms with E-state index in [0.717, 1.165) is 57.7 Å². The molecular formula is C24H31ClN6. The third-order valence-electron chi connectivity index (χ3n) is 5.72. The Balaban J connectivity index is 1.70.